The van der Waals surface area contributed by atoms with Crippen molar-refractivity contribution in [3.63, 3.8) is 0 Å². The first-order valence-corrected chi connectivity index (χ1v) is 4.09. The molecule has 2 heterocycles. The molecule has 0 spiro atoms. The number of hydrogen-bond acceptors (Lipinski definition) is 3. The topological polar surface area (TPSA) is 38.7 Å². The van der Waals surface area contributed by atoms with Crippen LogP contribution >= 0.6 is 0 Å². The molecule has 2 rings (SSSR count). The third-order valence-corrected chi connectivity index (χ3v) is 1.71. The maximum atomic E-state index is 12.5. The monoisotopic (exact) mass is 188 g/mol. The number of pyridine rings is 1. The summed E-state index contributed by atoms with van der Waals surface area (Å²) >= 11 is 0. The van der Waals surface area contributed by atoms with Crippen molar-refractivity contribution in [3.05, 3.63) is 42.2 Å². The molecule has 69 valence electrons. The van der Waals surface area contributed by atoms with E-state index in [4.69, 9.17) is 0 Å². The minimum absolute atomic E-state index is 0.430. The first-order valence-electron chi connectivity index (χ1n) is 4.09. The summed E-state index contributed by atoms with van der Waals surface area (Å²) in [5.74, 6) is -0.0206. The number of aryl methyl sites for hydroxylation is 1. The van der Waals surface area contributed by atoms with Gasteiger partial charge in [-0.1, -0.05) is 0 Å². The maximum Gasteiger partial charge on any atom is 0.161 e. The molecule has 1 radical (unpaired) electrons. The van der Waals surface area contributed by atoms with Crippen molar-refractivity contribution in [1.82, 2.24) is 15.0 Å². The van der Waals surface area contributed by atoms with E-state index in [0.717, 1.165) is 18.1 Å². The fraction of sp³-hybridized carbons (Fsp3) is 0.100. The number of halogens is 1. The minimum Gasteiger partial charge on any atom is -0.251 e. The van der Waals surface area contributed by atoms with Gasteiger partial charge in [0.2, 0.25) is 0 Å². The van der Waals surface area contributed by atoms with Crippen LogP contribution in [0.1, 0.15) is 5.69 Å². The van der Waals surface area contributed by atoms with E-state index in [1.165, 1.54) is 0 Å². The van der Waals surface area contributed by atoms with Crippen LogP contribution < -0.4 is 0 Å². The van der Waals surface area contributed by atoms with Gasteiger partial charge in [-0.2, -0.15) is 0 Å². The number of rotatable bonds is 1. The SMILES string of the molecule is Cc1ccc(-c2ncc(F)cn2)[c]n1. The second-order valence-corrected chi connectivity index (χ2v) is 2.84. The van der Waals surface area contributed by atoms with Crippen LogP contribution in [-0.2, 0) is 0 Å². The van der Waals surface area contributed by atoms with E-state index in [1.54, 1.807) is 6.07 Å². The minimum atomic E-state index is -0.450. The van der Waals surface area contributed by atoms with Gasteiger partial charge in [-0.3, -0.25) is 4.98 Å². The highest BCUT2D eigenvalue weighted by Gasteiger charge is 2.01. The van der Waals surface area contributed by atoms with Gasteiger partial charge in [0.15, 0.2) is 11.6 Å². The summed E-state index contributed by atoms with van der Waals surface area (Å²) in [5, 5.41) is 0. The van der Waals surface area contributed by atoms with Crippen LogP contribution in [0.2, 0.25) is 0 Å². The first kappa shape index (κ1) is 8.74. The predicted molar refractivity (Wildman–Crippen MR) is 48.8 cm³/mol. The molecule has 0 aliphatic rings. The maximum absolute atomic E-state index is 12.5. The molecule has 2 aromatic heterocycles. The number of hydrogen-bond donors (Lipinski definition) is 0. The fourth-order valence-corrected chi connectivity index (χ4v) is 1.00. The number of nitrogens with zero attached hydrogens (tertiary/aromatic N) is 3. The van der Waals surface area contributed by atoms with Gasteiger partial charge in [0.25, 0.3) is 0 Å². The molecule has 0 saturated carbocycles. The molecule has 4 heteroatoms. The smallest absolute Gasteiger partial charge is 0.161 e. The van der Waals surface area contributed by atoms with Crippen LogP contribution in [0, 0.1) is 18.9 Å². The van der Waals surface area contributed by atoms with Crippen LogP contribution in [-0.4, -0.2) is 15.0 Å². The number of aromatic nitrogens is 3. The average molecular weight is 188 g/mol. The highest BCUT2D eigenvalue weighted by molar-refractivity contribution is 5.51. The average Bonchev–Trinajstić information content (AvgIpc) is 2.21. The molecular formula is C10H7FN3. The first-order chi connectivity index (χ1) is 6.75. The lowest BCUT2D eigenvalue weighted by Gasteiger charge is -1.97. The molecule has 2 aromatic rings. The molecular weight excluding hydrogens is 181 g/mol. The molecule has 0 unspecified atom stereocenters. The Labute approximate surface area is 80.7 Å². The molecule has 0 atom stereocenters. The van der Waals surface area contributed by atoms with Gasteiger partial charge >= 0.3 is 0 Å². The third-order valence-electron chi connectivity index (χ3n) is 1.71. The Hall–Kier alpha value is -1.84. The van der Waals surface area contributed by atoms with Crippen molar-refractivity contribution in [1.29, 1.82) is 0 Å². The highest BCUT2D eigenvalue weighted by atomic mass is 19.1. The standard InChI is InChI=1S/C10H7FN3/c1-7-2-3-8(4-12-7)10-13-5-9(11)6-14-10/h2-3,5-6H,1H3. The van der Waals surface area contributed by atoms with Crippen LogP contribution in [0.3, 0.4) is 0 Å². The molecule has 0 bridgehead atoms. The molecule has 0 fully saturated rings. The summed E-state index contributed by atoms with van der Waals surface area (Å²) in [4.78, 5) is 11.6. The summed E-state index contributed by atoms with van der Waals surface area (Å²) in [6, 6.07) is 3.63. The fourth-order valence-electron chi connectivity index (χ4n) is 1.00. The molecule has 3 nitrogen and oxygen atoms in total. The van der Waals surface area contributed by atoms with Crippen molar-refractivity contribution >= 4 is 0 Å². The Bertz CT molecular complexity index is 379. The molecule has 0 N–H and O–H groups in total. The second kappa shape index (κ2) is 3.49. The largest absolute Gasteiger partial charge is 0.251 e. The van der Waals surface area contributed by atoms with Crippen LogP contribution in [0.5, 0.6) is 0 Å². The molecule has 0 aliphatic heterocycles. The van der Waals surface area contributed by atoms with E-state index in [9.17, 15) is 4.39 Å². The van der Waals surface area contributed by atoms with Crippen molar-refractivity contribution < 1.29 is 4.39 Å². The second-order valence-electron chi connectivity index (χ2n) is 2.84. The molecule has 0 amide bonds. The summed E-state index contributed by atoms with van der Waals surface area (Å²) < 4.78 is 12.5. The van der Waals surface area contributed by atoms with Crippen LogP contribution in [0.15, 0.2) is 24.5 Å². The lowest BCUT2D eigenvalue weighted by molar-refractivity contribution is 0.614. The van der Waals surface area contributed by atoms with E-state index >= 15 is 0 Å². The van der Waals surface area contributed by atoms with E-state index in [1.807, 2.05) is 13.0 Å². The Morgan fingerprint density at radius 3 is 2.50 bits per heavy atom. The Morgan fingerprint density at radius 2 is 1.93 bits per heavy atom. The lowest BCUT2D eigenvalue weighted by atomic mass is 10.2. The van der Waals surface area contributed by atoms with Crippen molar-refractivity contribution in [2.24, 2.45) is 0 Å². The van der Waals surface area contributed by atoms with Gasteiger partial charge < -0.3 is 0 Å². The zero-order valence-electron chi connectivity index (χ0n) is 7.53. The van der Waals surface area contributed by atoms with E-state index in [2.05, 4.69) is 21.1 Å². The van der Waals surface area contributed by atoms with Crippen LogP contribution in [0.25, 0.3) is 11.4 Å². The molecule has 0 aromatic carbocycles. The summed E-state index contributed by atoms with van der Waals surface area (Å²) in [5.41, 5.74) is 1.53. The third kappa shape index (κ3) is 1.74. The zero-order chi connectivity index (χ0) is 9.97. The molecule has 0 saturated heterocycles. The van der Waals surface area contributed by atoms with Gasteiger partial charge in [0.1, 0.15) is 6.20 Å². The lowest BCUT2D eigenvalue weighted by Crippen LogP contribution is -1.91. The highest BCUT2D eigenvalue weighted by Crippen LogP contribution is 2.11. The Kier molecular flexibility index (Phi) is 2.18. The quantitative estimate of drug-likeness (QED) is 0.684. The summed E-state index contributed by atoms with van der Waals surface area (Å²) in [7, 11) is 0. The van der Waals surface area contributed by atoms with Crippen molar-refractivity contribution in [2.75, 3.05) is 0 Å². The normalized spacial score (nSPS) is 10.1. The van der Waals surface area contributed by atoms with Gasteiger partial charge in [-0.15, -0.1) is 0 Å². The van der Waals surface area contributed by atoms with E-state index in [-0.39, 0.29) is 0 Å². The van der Waals surface area contributed by atoms with Gasteiger partial charge in [0, 0.05) is 11.3 Å². The Balaban J connectivity index is 2.40. The summed E-state index contributed by atoms with van der Waals surface area (Å²) in [6.07, 6.45) is 5.02. The molecule has 0 aliphatic carbocycles. The molecule has 14 heavy (non-hydrogen) atoms. The van der Waals surface area contributed by atoms with E-state index in [0.29, 0.717) is 11.4 Å². The van der Waals surface area contributed by atoms with E-state index < -0.39 is 5.82 Å². The Morgan fingerprint density at radius 1 is 1.21 bits per heavy atom. The van der Waals surface area contributed by atoms with Crippen molar-refractivity contribution in [2.45, 2.75) is 6.92 Å². The van der Waals surface area contributed by atoms with Gasteiger partial charge in [-0.25, -0.2) is 14.4 Å². The van der Waals surface area contributed by atoms with Crippen LogP contribution in [0.4, 0.5) is 4.39 Å². The summed E-state index contributed by atoms with van der Waals surface area (Å²) in [6.45, 7) is 1.87. The van der Waals surface area contributed by atoms with Gasteiger partial charge in [-0.05, 0) is 19.1 Å². The van der Waals surface area contributed by atoms with Gasteiger partial charge in [0.05, 0.1) is 12.4 Å². The zero-order valence-corrected chi connectivity index (χ0v) is 7.53. The predicted octanol–water partition coefficient (Wildman–Crippen LogP) is 1.79. The van der Waals surface area contributed by atoms with Crippen molar-refractivity contribution in [3.8, 4) is 11.4 Å².